The van der Waals surface area contributed by atoms with Crippen LogP contribution >= 0.6 is 0 Å². The molecule has 0 spiro atoms. The van der Waals surface area contributed by atoms with Crippen LogP contribution in [0.3, 0.4) is 0 Å². The molecule has 0 nitrogen and oxygen atoms in total. The molecule has 0 saturated carbocycles. The molecular weight excluding hydrogens is 661 g/mol. The van der Waals surface area contributed by atoms with Crippen LogP contribution in [0.4, 0.5) is 0 Å². The van der Waals surface area contributed by atoms with Gasteiger partial charge in [-0.1, -0.05) is 194 Å². The van der Waals surface area contributed by atoms with E-state index < -0.39 is 5.41 Å². The third kappa shape index (κ3) is 4.92. The Balaban J connectivity index is 1.16. The predicted molar refractivity (Wildman–Crippen MR) is 233 cm³/mol. The van der Waals surface area contributed by atoms with E-state index >= 15 is 0 Å². The fourth-order valence-corrected chi connectivity index (χ4v) is 9.34. The Hall–Kier alpha value is -7.02. The standard InChI is InChI=1S/C55H36/c1-3-17-46(18-4-1)55(47-19-5-2-6-20-47)52-35-44(40-25-23-39(24-26-40)43-29-27-37-13-7-9-15-41(37)33-43)31-32-50(52)54-49-22-12-11-21-48(49)51(36-53(54)55)45-30-28-38-14-8-10-16-42(38)34-45/h1-36H. The van der Waals surface area contributed by atoms with Crippen molar-refractivity contribution < 1.29 is 0 Å². The van der Waals surface area contributed by atoms with Gasteiger partial charge in [-0.2, -0.15) is 0 Å². The largest absolute Gasteiger partial charge is 0.0714 e. The lowest BCUT2D eigenvalue weighted by Crippen LogP contribution is -2.28. The molecule has 0 atom stereocenters. The molecule has 0 N–H and O–H groups in total. The Kier molecular flexibility index (Phi) is 7.19. The average Bonchev–Trinajstić information content (AvgIpc) is 3.57. The van der Waals surface area contributed by atoms with Crippen LogP contribution in [0.25, 0.3) is 76.8 Å². The lowest BCUT2D eigenvalue weighted by Gasteiger charge is -2.34. The molecule has 0 heterocycles. The molecule has 11 rings (SSSR count). The highest BCUT2D eigenvalue weighted by atomic mass is 14.5. The molecular formula is C55H36. The summed E-state index contributed by atoms with van der Waals surface area (Å²) < 4.78 is 0. The van der Waals surface area contributed by atoms with Crippen LogP contribution in [0.5, 0.6) is 0 Å². The second-order valence-corrected chi connectivity index (χ2v) is 14.8. The Morgan fingerprint density at radius 1 is 0.255 bits per heavy atom. The maximum absolute atomic E-state index is 2.51. The van der Waals surface area contributed by atoms with Crippen molar-refractivity contribution in [1.29, 1.82) is 0 Å². The normalized spacial score (nSPS) is 12.9. The van der Waals surface area contributed by atoms with Gasteiger partial charge in [0.2, 0.25) is 0 Å². The SMILES string of the molecule is c1ccc(C2(c3ccccc3)c3cc(-c4ccc(-c5ccc6ccccc6c5)cc4)ccc3-c3c2cc(-c2ccc4ccccc4c2)c2ccccc32)cc1. The van der Waals surface area contributed by atoms with Gasteiger partial charge in [0, 0.05) is 0 Å². The van der Waals surface area contributed by atoms with Crippen molar-refractivity contribution in [3.05, 3.63) is 241 Å². The maximum Gasteiger partial charge on any atom is 0.0714 e. The summed E-state index contributed by atoms with van der Waals surface area (Å²) in [6, 6.07) is 81.0. The lowest BCUT2D eigenvalue weighted by atomic mass is 9.67. The Morgan fingerprint density at radius 3 is 1.33 bits per heavy atom. The summed E-state index contributed by atoms with van der Waals surface area (Å²) in [6.45, 7) is 0. The van der Waals surface area contributed by atoms with Gasteiger partial charge < -0.3 is 0 Å². The van der Waals surface area contributed by atoms with Gasteiger partial charge in [0.25, 0.3) is 0 Å². The first-order valence-corrected chi connectivity index (χ1v) is 19.2. The highest BCUT2D eigenvalue weighted by molar-refractivity contribution is 6.11. The summed E-state index contributed by atoms with van der Waals surface area (Å²) in [5, 5.41) is 7.58. The van der Waals surface area contributed by atoms with Gasteiger partial charge in [-0.15, -0.1) is 0 Å². The topological polar surface area (TPSA) is 0 Å². The van der Waals surface area contributed by atoms with E-state index in [2.05, 4.69) is 218 Å². The van der Waals surface area contributed by atoms with Crippen molar-refractivity contribution in [2.75, 3.05) is 0 Å². The van der Waals surface area contributed by atoms with E-state index in [1.165, 1.54) is 99.1 Å². The highest BCUT2D eigenvalue weighted by Crippen LogP contribution is 2.59. The first-order valence-electron chi connectivity index (χ1n) is 19.2. The first kappa shape index (κ1) is 31.5. The van der Waals surface area contributed by atoms with Crippen LogP contribution in [0, 0.1) is 0 Å². The Morgan fingerprint density at radius 2 is 0.709 bits per heavy atom. The van der Waals surface area contributed by atoms with Crippen molar-refractivity contribution in [2.24, 2.45) is 0 Å². The molecule has 0 aromatic heterocycles. The summed E-state index contributed by atoms with van der Waals surface area (Å²) in [5.41, 5.74) is 14.6. The first-order chi connectivity index (χ1) is 27.3. The molecule has 256 valence electrons. The number of fused-ring (bicyclic) bond motifs is 7. The molecule has 0 saturated heterocycles. The fourth-order valence-electron chi connectivity index (χ4n) is 9.34. The number of hydrogen-bond acceptors (Lipinski definition) is 0. The van der Waals surface area contributed by atoms with E-state index in [0.717, 1.165) is 0 Å². The second kappa shape index (κ2) is 12.5. The molecule has 0 bridgehead atoms. The second-order valence-electron chi connectivity index (χ2n) is 14.8. The summed E-state index contributed by atoms with van der Waals surface area (Å²) >= 11 is 0. The van der Waals surface area contributed by atoms with Crippen LogP contribution in [0.1, 0.15) is 22.3 Å². The lowest BCUT2D eigenvalue weighted by molar-refractivity contribution is 0.769. The number of hydrogen-bond donors (Lipinski definition) is 0. The van der Waals surface area contributed by atoms with E-state index in [4.69, 9.17) is 0 Å². The minimum absolute atomic E-state index is 0.538. The van der Waals surface area contributed by atoms with Crippen molar-refractivity contribution in [3.63, 3.8) is 0 Å². The van der Waals surface area contributed by atoms with Crippen LogP contribution in [0.2, 0.25) is 0 Å². The van der Waals surface area contributed by atoms with Crippen molar-refractivity contribution in [1.82, 2.24) is 0 Å². The van der Waals surface area contributed by atoms with Gasteiger partial charge in [0.1, 0.15) is 0 Å². The fraction of sp³-hybridized carbons (Fsp3) is 0.0182. The Labute approximate surface area is 321 Å². The molecule has 10 aromatic carbocycles. The molecule has 0 fully saturated rings. The van der Waals surface area contributed by atoms with E-state index in [0.29, 0.717) is 0 Å². The van der Waals surface area contributed by atoms with Crippen LogP contribution in [-0.4, -0.2) is 0 Å². The Bertz CT molecular complexity index is 3020. The van der Waals surface area contributed by atoms with Gasteiger partial charge in [-0.05, 0) is 123 Å². The van der Waals surface area contributed by atoms with Gasteiger partial charge >= 0.3 is 0 Å². The smallest absolute Gasteiger partial charge is 0.0622 e. The highest BCUT2D eigenvalue weighted by Gasteiger charge is 2.47. The van der Waals surface area contributed by atoms with Crippen molar-refractivity contribution in [2.45, 2.75) is 5.41 Å². The number of benzene rings is 10. The van der Waals surface area contributed by atoms with Gasteiger partial charge in [0.05, 0.1) is 5.41 Å². The van der Waals surface area contributed by atoms with E-state index in [-0.39, 0.29) is 0 Å². The van der Waals surface area contributed by atoms with E-state index in [1.54, 1.807) is 0 Å². The molecule has 0 amide bonds. The van der Waals surface area contributed by atoms with Gasteiger partial charge in [-0.25, -0.2) is 0 Å². The maximum atomic E-state index is 2.51. The van der Waals surface area contributed by atoms with E-state index in [9.17, 15) is 0 Å². The molecule has 0 unspecified atom stereocenters. The number of rotatable bonds is 5. The summed E-state index contributed by atoms with van der Waals surface area (Å²) in [5.74, 6) is 0. The summed E-state index contributed by atoms with van der Waals surface area (Å²) in [6.07, 6.45) is 0. The van der Waals surface area contributed by atoms with Crippen LogP contribution < -0.4 is 0 Å². The van der Waals surface area contributed by atoms with Crippen LogP contribution in [0.15, 0.2) is 218 Å². The molecule has 0 heteroatoms. The predicted octanol–water partition coefficient (Wildman–Crippen LogP) is 14.5. The van der Waals surface area contributed by atoms with Crippen molar-refractivity contribution >= 4 is 32.3 Å². The molecule has 55 heavy (non-hydrogen) atoms. The van der Waals surface area contributed by atoms with Crippen LogP contribution in [-0.2, 0) is 5.41 Å². The average molecular weight is 697 g/mol. The molecule has 1 aliphatic carbocycles. The minimum Gasteiger partial charge on any atom is -0.0622 e. The third-order valence-corrected chi connectivity index (χ3v) is 11.9. The van der Waals surface area contributed by atoms with E-state index in [1.807, 2.05) is 0 Å². The van der Waals surface area contributed by atoms with Gasteiger partial charge in [0.15, 0.2) is 0 Å². The molecule has 0 aliphatic heterocycles. The van der Waals surface area contributed by atoms with Gasteiger partial charge in [-0.3, -0.25) is 0 Å². The van der Waals surface area contributed by atoms with Crippen molar-refractivity contribution in [3.8, 4) is 44.5 Å². The molecule has 0 radical (unpaired) electrons. The summed E-state index contributed by atoms with van der Waals surface area (Å²) in [4.78, 5) is 0. The molecule has 1 aliphatic rings. The zero-order valence-electron chi connectivity index (χ0n) is 30.3. The molecule has 10 aromatic rings. The zero-order valence-corrected chi connectivity index (χ0v) is 30.3. The monoisotopic (exact) mass is 696 g/mol. The quantitative estimate of drug-likeness (QED) is 0.168. The third-order valence-electron chi connectivity index (χ3n) is 11.9. The zero-order chi connectivity index (χ0) is 36.3. The summed E-state index contributed by atoms with van der Waals surface area (Å²) in [7, 11) is 0. The minimum atomic E-state index is -0.538.